The molecular weight excluding hydrogens is 498 g/mol. The fourth-order valence-electron chi connectivity index (χ4n) is 4.08. The van der Waals surface area contributed by atoms with Gasteiger partial charge in [0.15, 0.2) is 0 Å². The van der Waals surface area contributed by atoms with Crippen molar-refractivity contribution >= 4 is 27.5 Å². The number of anilines is 1. The van der Waals surface area contributed by atoms with E-state index in [0.717, 1.165) is 9.87 Å². The lowest BCUT2D eigenvalue weighted by molar-refractivity contribution is -0.129. The van der Waals surface area contributed by atoms with E-state index in [1.54, 1.807) is 19.1 Å². The van der Waals surface area contributed by atoms with Crippen molar-refractivity contribution in [2.75, 3.05) is 24.2 Å². The van der Waals surface area contributed by atoms with Gasteiger partial charge in [-0.2, -0.15) is 13.1 Å². The first kappa shape index (κ1) is 27.4. The lowest BCUT2D eigenvalue weighted by atomic mass is 9.71. The molecule has 2 amide bonds. The van der Waals surface area contributed by atoms with Crippen molar-refractivity contribution in [3.05, 3.63) is 53.2 Å². The molecule has 0 spiro atoms. The Kier molecular flexibility index (Phi) is 8.26. The highest BCUT2D eigenvalue weighted by molar-refractivity contribution is 7.89. The summed E-state index contributed by atoms with van der Waals surface area (Å²) >= 11 is 0. The maximum Gasteiger partial charge on any atom is 0.388 e. The van der Waals surface area contributed by atoms with Crippen LogP contribution in [0.15, 0.2) is 36.4 Å². The second-order valence-corrected chi connectivity index (χ2v) is 10.9. The van der Waals surface area contributed by atoms with Crippen molar-refractivity contribution in [1.29, 1.82) is 0 Å². The van der Waals surface area contributed by atoms with E-state index in [2.05, 4.69) is 15.0 Å². The predicted octanol–water partition coefficient (Wildman–Crippen LogP) is 2.53. The number of aryl methyl sites for hydroxylation is 1. The fraction of sp³-hybridized carbons (Fsp3) is 0.435. The van der Waals surface area contributed by atoms with Gasteiger partial charge in [-0.15, -0.1) is 0 Å². The molecule has 0 radical (unpaired) electrons. The number of nitrogens with one attached hydrogen (secondary N) is 2. The number of hydrogen-bond acceptors (Lipinski definition) is 7. The van der Waals surface area contributed by atoms with Gasteiger partial charge in [0.05, 0.1) is 5.75 Å². The van der Waals surface area contributed by atoms with Gasteiger partial charge in [-0.1, -0.05) is 38.1 Å². The summed E-state index contributed by atoms with van der Waals surface area (Å²) in [4.78, 5) is 29.0. The first-order valence-electron chi connectivity index (χ1n) is 11.1. The number of rotatable bonds is 10. The molecule has 196 valence electrons. The molecule has 3 N–H and O–H groups in total. The van der Waals surface area contributed by atoms with Crippen LogP contribution in [0.3, 0.4) is 0 Å². The number of amides is 2. The summed E-state index contributed by atoms with van der Waals surface area (Å²) in [6.45, 7) is 1.83. The van der Waals surface area contributed by atoms with Crippen LogP contribution >= 0.6 is 0 Å². The molecule has 10 nitrogen and oxygen atoms in total. The molecular formula is C23H28F2N4O6S. The number of hydroxylamine groups is 1. The van der Waals surface area contributed by atoms with Crippen molar-refractivity contribution in [2.24, 2.45) is 0 Å². The Balaban J connectivity index is 1.97. The lowest BCUT2D eigenvalue weighted by Crippen LogP contribution is -2.66. The fourth-order valence-corrected chi connectivity index (χ4v) is 5.61. The number of pyridine rings is 1. The monoisotopic (exact) mass is 526 g/mol. The summed E-state index contributed by atoms with van der Waals surface area (Å²) in [5.74, 6) is -2.48. The maximum atomic E-state index is 13.7. The van der Waals surface area contributed by atoms with Crippen molar-refractivity contribution < 1.29 is 36.7 Å². The third-order valence-electron chi connectivity index (χ3n) is 5.98. The molecule has 1 aliphatic heterocycles. The van der Waals surface area contributed by atoms with Gasteiger partial charge < -0.3 is 10.1 Å². The van der Waals surface area contributed by atoms with Gasteiger partial charge in [-0.3, -0.25) is 14.8 Å². The molecule has 3 rings (SSSR count). The molecule has 13 heteroatoms. The molecule has 0 atom stereocenters. The van der Waals surface area contributed by atoms with Gasteiger partial charge in [0.1, 0.15) is 11.1 Å². The van der Waals surface area contributed by atoms with Gasteiger partial charge in [-0.05, 0) is 36.1 Å². The van der Waals surface area contributed by atoms with Crippen LogP contribution < -0.4 is 15.5 Å². The Morgan fingerprint density at radius 2 is 1.86 bits per heavy atom. The number of nitrogens with zero attached hydrogens (tertiary/aromatic N) is 2. The van der Waals surface area contributed by atoms with Gasteiger partial charge in [-0.25, -0.2) is 18.9 Å². The standard InChI is InChI=1S/C23H28F2N4O6S/c1-14(2)16-6-4-5-7-17(16)23(12-29(13-23)36(33,34)11-10-19(30)28-32)21(31)27-18-9-8-15(3)26-20(18)35-22(24)25/h4-9,14,22,32H,10-13H2,1-3H3,(H,27,31)(H,28,30). The second-order valence-electron chi connectivity index (χ2n) is 8.83. The second kappa shape index (κ2) is 10.8. The average molecular weight is 527 g/mol. The molecule has 2 aromatic rings. The number of benzene rings is 1. The van der Waals surface area contributed by atoms with Crippen LogP contribution in [0.1, 0.15) is 43.0 Å². The third-order valence-corrected chi connectivity index (χ3v) is 7.74. The SMILES string of the molecule is Cc1ccc(NC(=O)C2(c3ccccc3C(C)C)CN(S(=O)(=O)CCC(=O)NO)C2)c(OC(F)F)n1. The molecule has 2 heterocycles. The summed E-state index contributed by atoms with van der Waals surface area (Å²) < 4.78 is 57.0. The zero-order valence-electron chi connectivity index (χ0n) is 20.0. The zero-order valence-corrected chi connectivity index (χ0v) is 20.8. The number of ether oxygens (including phenoxy) is 1. The first-order valence-corrected chi connectivity index (χ1v) is 12.7. The number of sulfonamides is 1. The zero-order chi connectivity index (χ0) is 26.7. The van der Waals surface area contributed by atoms with E-state index >= 15 is 0 Å². The Bertz CT molecular complexity index is 1230. The highest BCUT2D eigenvalue weighted by Gasteiger charge is 2.55. The molecule has 0 unspecified atom stereocenters. The van der Waals surface area contributed by atoms with Crippen LogP contribution in [0.2, 0.25) is 0 Å². The number of carbonyl (C=O) groups is 2. The van der Waals surface area contributed by atoms with Crippen LogP contribution in [0.5, 0.6) is 5.88 Å². The largest absolute Gasteiger partial charge is 0.415 e. The smallest absolute Gasteiger partial charge is 0.388 e. The van der Waals surface area contributed by atoms with E-state index < -0.39 is 51.9 Å². The topological polar surface area (TPSA) is 138 Å². The van der Waals surface area contributed by atoms with Gasteiger partial charge >= 0.3 is 6.61 Å². The molecule has 1 aromatic carbocycles. The van der Waals surface area contributed by atoms with E-state index in [1.807, 2.05) is 26.0 Å². The van der Waals surface area contributed by atoms with Gasteiger partial charge in [0, 0.05) is 25.2 Å². The van der Waals surface area contributed by atoms with E-state index in [-0.39, 0.29) is 24.7 Å². The molecule has 1 saturated heterocycles. The van der Waals surface area contributed by atoms with Gasteiger partial charge in [0.25, 0.3) is 0 Å². The number of halogens is 2. The van der Waals surface area contributed by atoms with Crippen molar-refractivity contribution in [3.8, 4) is 5.88 Å². The molecule has 1 aliphatic rings. The summed E-state index contributed by atoms with van der Waals surface area (Å²) in [6, 6.07) is 10.0. The van der Waals surface area contributed by atoms with E-state index in [9.17, 15) is 26.8 Å². The van der Waals surface area contributed by atoms with Crippen molar-refractivity contribution in [3.63, 3.8) is 0 Å². The first-order chi connectivity index (χ1) is 16.9. The van der Waals surface area contributed by atoms with E-state index in [0.29, 0.717) is 11.3 Å². The lowest BCUT2D eigenvalue weighted by Gasteiger charge is -2.49. The van der Waals surface area contributed by atoms with E-state index in [4.69, 9.17) is 5.21 Å². The number of alkyl halides is 2. The third kappa shape index (κ3) is 5.79. The molecule has 0 bridgehead atoms. The Labute approximate surface area is 207 Å². The predicted molar refractivity (Wildman–Crippen MR) is 126 cm³/mol. The highest BCUT2D eigenvalue weighted by atomic mass is 32.2. The summed E-state index contributed by atoms with van der Waals surface area (Å²) in [5, 5.41) is 11.2. The minimum Gasteiger partial charge on any atom is -0.415 e. The molecule has 0 aliphatic carbocycles. The molecule has 36 heavy (non-hydrogen) atoms. The van der Waals surface area contributed by atoms with Crippen molar-refractivity contribution in [1.82, 2.24) is 14.8 Å². The highest BCUT2D eigenvalue weighted by Crippen LogP contribution is 2.41. The van der Waals surface area contributed by atoms with Crippen LogP contribution in [-0.2, 0) is 25.0 Å². The average Bonchev–Trinajstić information content (AvgIpc) is 2.78. The number of hydrogen-bond donors (Lipinski definition) is 3. The normalized spacial score (nSPS) is 15.4. The minimum atomic E-state index is -3.93. The van der Waals surface area contributed by atoms with Gasteiger partial charge in [0.2, 0.25) is 27.7 Å². The minimum absolute atomic E-state index is 0.00329. The maximum absolute atomic E-state index is 13.7. The quantitative estimate of drug-likeness (QED) is 0.320. The Morgan fingerprint density at radius 1 is 1.19 bits per heavy atom. The summed E-state index contributed by atoms with van der Waals surface area (Å²) in [6.07, 6.45) is -0.458. The van der Waals surface area contributed by atoms with Crippen molar-refractivity contribution in [2.45, 2.75) is 45.1 Å². The summed E-state index contributed by atoms with van der Waals surface area (Å²) in [5.41, 5.74) is 1.81. The van der Waals surface area contributed by atoms with Crippen LogP contribution in [0, 0.1) is 6.92 Å². The molecule has 1 fully saturated rings. The Hall–Kier alpha value is -3.16. The van der Waals surface area contributed by atoms with Crippen LogP contribution in [0.4, 0.5) is 14.5 Å². The molecule has 0 saturated carbocycles. The van der Waals surface area contributed by atoms with Crippen LogP contribution in [-0.4, -0.2) is 60.2 Å². The number of carbonyl (C=O) groups excluding carboxylic acids is 2. The van der Waals surface area contributed by atoms with Crippen LogP contribution in [0.25, 0.3) is 0 Å². The van der Waals surface area contributed by atoms with E-state index in [1.165, 1.54) is 17.6 Å². The summed E-state index contributed by atoms with van der Waals surface area (Å²) in [7, 11) is -3.93. The molecule has 1 aromatic heterocycles. The number of aromatic nitrogens is 1. The Morgan fingerprint density at radius 3 is 2.47 bits per heavy atom.